The second-order valence-corrected chi connectivity index (χ2v) is 6.07. The Kier molecular flexibility index (Phi) is 7.43. The molecule has 0 atom stereocenters. The van der Waals surface area contributed by atoms with Crippen molar-refractivity contribution in [3.8, 4) is 11.5 Å². The van der Waals surface area contributed by atoms with Crippen molar-refractivity contribution in [3.05, 3.63) is 54.1 Å². The largest absolute Gasteiger partial charge is 0.493 e. The molecule has 4 nitrogen and oxygen atoms in total. The quantitative estimate of drug-likeness (QED) is 0.658. The van der Waals surface area contributed by atoms with Gasteiger partial charge in [0, 0.05) is 19.3 Å². The minimum absolute atomic E-state index is 0.535. The summed E-state index contributed by atoms with van der Waals surface area (Å²) in [6.07, 6.45) is 0. The van der Waals surface area contributed by atoms with Crippen molar-refractivity contribution in [2.24, 2.45) is 5.92 Å². The van der Waals surface area contributed by atoms with Crippen molar-refractivity contribution < 1.29 is 14.2 Å². The Balaban J connectivity index is 1.78. The summed E-state index contributed by atoms with van der Waals surface area (Å²) >= 11 is 0. The molecule has 130 valence electrons. The number of methoxy groups -OCH3 is 1. The molecule has 0 aromatic heterocycles. The molecular formula is C20H27NO3. The lowest BCUT2D eigenvalue weighted by Crippen LogP contribution is -2.05. The average molecular weight is 329 g/mol. The smallest absolute Gasteiger partial charge is 0.119 e. The number of benzene rings is 2. The standard InChI is InChI=1S/C20H27NO3/c1-16(2)15-24-20-8-4-17(5-9-20)14-21-18-6-10-19(11-7-18)23-13-12-22-3/h4-11,16,21H,12-15H2,1-3H3. The van der Waals surface area contributed by atoms with Crippen LogP contribution in [-0.4, -0.2) is 26.9 Å². The predicted octanol–water partition coefficient (Wildman–Crippen LogP) is 4.36. The fourth-order valence-electron chi connectivity index (χ4n) is 2.08. The minimum Gasteiger partial charge on any atom is -0.493 e. The van der Waals surface area contributed by atoms with Gasteiger partial charge in [0.25, 0.3) is 0 Å². The van der Waals surface area contributed by atoms with Crippen LogP contribution in [0.25, 0.3) is 0 Å². The normalized spacial score (nSPS) is 10.7. The molecule has 2 aromatic rings. The molecule has 24 heavy (non-hydrogen) atoms. The first-order chi connectivity index (χ1) is 11.7. The molecule has 0 heterocycles. The molecule has 0 unspecified atom stereocenters. The fraction of sp³-hybridized carbons (Fsp3) is 0.400. The zero-order chi connectivity index (χ0) is 17.2. The van der Waals surface area contributed by atoms with Gasteiger partial charge in [-0.1, -0.05) is 26.0 Å². The topological polar surface area (TPSA) is 39.7 Å². The van der Waals surface area contributed by atoms with Crippen LogP contribution in [0.3, 0.4) is 0 Å². The summed E-state index contributed by atoms with van der Waals surface area (Å²) in [6, 6.07) is 16.2. The Hall–Kier alpha value is -2.20. The maximum Gasteiger partial charge on any atom is 0.119 e. The van der Waals surface area contributed by atoms with E-state index < -0.39 is 0 Å². The molecular weight excluding hydrogens is 302 g/mol. The van der Waals surface area contributed by atoms with Crippen LogP contribution in [0.1, 0.15) is 19.4 Å². The molecule has 4 heteroatoms. The Morgan fingerprint density at radius 1 is 0.833 bits per heavy atom. The van der Waals surface area contributed by atoms with Gasteiger partial charge in [-0.15, -0.1) is 0 Å². The molecule has 0 aliphatic heterocycles. The van der Waals surface area contributed by atoms with Gasteiger partial charge in [0.1, 0.15) is 18.1 Å². The molecule has 2 aromatic carbocycles. The van der Waals surface area contributed by atoms with E-state index in [0.717, 1.165) is 30.3 Å². The third-order valence-electron chi connectivity index (χ3n) is 3.41. The van der Waals surface area contributed by atoms with Crippen LogP contribution in [0.4, 0.5) is 5.69 Å². The molecule has 1 N–H and O–H groups in total. The highest BCUT2D eigenvalue weighted by molar-refractivity contribution is 5.47. The number of anilines is 1. The lowest BCUT2D eigenvalue weighted by Gasteiger charge is -2.11. The minimum atomic E-state index is 0.535. The van der Waals surface area contributed by atoms with Gasteiger partial charge in [0.05, 0.1) is 13.2 Å². The second kappa shape index (κ2) is 9.83. The van der Waals surface area contributed by atoms with E-state index in [1.807, 2.05) is 36.4 Å². The first kappa shape index (κ1) is 18.1. The summed E-state index contributed by atoms with van der Waals surface area (Å²) < 4.78 is 16.2. The fourth-order valence-corrected chi connectivity index (χ4v) is 2.08. The molecule has 0 saturated carbocycles. The number of rotatable bonds is 10. The van der Waals surface area contributed by atoms with E-state index in [4.69, 9.17) is 14.2 Å². The van der Waals surface area contributed by atoms with Crippen LogP contribution < -0.4 is 14.8 Å². The first-order valence-electron chi connectivity index (χ1n) is 8.35. The highest BCUT2D eigenvalue weighted by Gasteiger charge is 1.99. The first-order valence-corrected chi connectivity index (χ1v) is 8.35. The van der Waals surface area contributed by atoms with Crippen molar-refractivity contribution in [2.45, 2.75) is 20.4 Å². The van der Waals surface area contributed by atoms with Crippen LogP contribution in [0.2, 0.25) is 0 Å². The molecule has 0 spiro atoms. The summed E-state index contributed by atoms with van der Waals surface area (Å²) in [5, 5.41) is 3.40. The van der Waals surface area contributed by atoms with Gasteiger partial charge in [-0.2, -0.15) is 0 Å². The van der Waals surface area contributed by atoms with E-state index in [0.29, 0.717) is 19.1 Å². The van der Waals surface area contributed by atoms with Crippen molar-refractivity contribution in [1.29, 1.82) is 0 Å². The zero-order valence-electron chi connectivity index (χ0n) is 14.7. The van der Waals surface area contributed by atoms with Crippen LogP contribution in [0.15, 0.2) is 48.5 Å². The van der Waals surface area contributed by atoms with E-state index in [1.54, 1.807) is 7.11 Å². The SMILES string of the molecule is COCCOc1ccc(NCc2ccc(OCC(C)C)cc2)cc1. The van der Waals surface area contributed by atoms with Crippen molar-refractivity contribution in [2.75, 3.05) is 32.2 Å². The van der Waals surface area contributed by atoms with E-state index in [-0.39, 0.29) is 0 Å². The van der Waals surface area contributed by atoms with Gasteiger partial charge in [-0.25, -0.2) is 0 Å². The summed E-state index contributed by atoms with van der Waals surface area (Å²) in [5.74, 6) is 2.31. The molecule has 0 bridgehead atoms. The van der Waals surface area contributed by atoms with Gasteiger partial charge >= 0.3 is 0 Å². The molecule has 0 aliphatic rings. The lowest BCUT2D eigenvalue weighted by molar-refractivity contribution is 0.146. The third kappa shape index (κ3) is 6.50. The molecule has 0 saturated heterocycles. The zero-order valence-corrected chi connectivity index (χ0v) is 14.7. The molecule has 2 rings (SSSR count). The van der Waals surface area contributed by atoms with Gasteiger partial charge in [0.15, 0.2) is 0 Å². The van der Waals surface area contributed by atoms with Crippen molar-refractivity contribution >= 4 is 5.69 Å². The Bertz CT molecular complexity index is 579. The number of hydrogen-bond acceptors (Lipinski definition) is 4. The summed E-state index contributed by atoms with van der Waals surface area (Å²) in [5.41, 5.74) is 2.28. The van der Waals surface area contributed by atoms with Crippen molar-refractivity contribution in [1.82, 2.24) is 0 Å². The van der Waals surface area contributed by atoms with E-state index >= 15 is 0 Å². The number of nitrogens with one attached hydrogen (secondary N) is 1. The highest BCUT2D eigenvalue weighted by atomic mass is 16.5. The van der Waals surface area contributed by atoms with Crippen LogP contribution in [0, 0.1) is 5.92 Å². The molecule has 0 radical (unpaired) electrons. The van der Waals surface area contributed by atoms with Gasteiger partial charge in [-0.05, 0) is 47.9 Å². The lowest BCUT2D eigenvalue weighted by atomic mass is 10.2. The summed E-state index contributed by atoms with van der Waals surface area (Å²) in [4.78, 5) is 0. The Morgan fingerprint density at radius 3 is 2.08 bits per heavy atom. The summed E-state index contributed by atoms with van der Waals surface area (Å²) in [7, 11) is 1.67. The maximum absolute atomic E-state index is 5.70. The van der Waals surface area contributed by atoms with E-state index in [2.05, 4.69) is 31.3 Å². The van der Waals surface area contributed by atoms with Gasteiger partial charge in [-0.3, -0.25) is 0 Å². The molecule has 0 fully saturated rings. The van der Waals surface area contributed by atoms with Crippen LogP contribution >= 0.6 is 0 Å². The number of ether oxygens (including phenoxy) is 3. The second-order valence-electron chi connectivity index (χ2n) is 6.07. The van der Waals surface area contributed by atoms with Crippen LogP contribution in [0.5, 0.6) is 11.5 Å². The van der Waals surface area contributed by atoms with Crippen molar-refractivity contribution in [3.63, 3.8) is 0 Å². The molecule has 0 aliphatic carbocycles. The van der Waals surface area contributed by atoms with Gasteiger partial charge in [0.2, 0.25) is 0 Å². The average Bonchev–Trinajstić information content (AvgIpc) is 2.60. The number of hydrogen-bond donors (Lipinski definition) is 1. The summed E-state index contributed by atoms with van der Waals surface area (Å²) in [6.45, 7) is 6.97. The highest BCUT2D eigenvalue weighted by Crippen LogP contribution is 2.18. The van der Waals surface area contributed by atoms with Gasteiger partial charge < -0.3 is 19.5 Å². The maximum atomic E-state index is 5.70. The van der Waals surface area contributed by atoms with E-state index in [9.17, 15) is 0 Å². The Labute approximate surface area is 144 Å². The predicted molar refractivity (Wildman–Crippen MR) is 97.9 cm³/mol. The van der Waals surface area contributed by atoms with Crippen LogP contribution in [-0.2, 0) is 11.3 Å². The Morgan fingerprint density at radius 2 is 1.46 bits per heavy atom. The molecule has 0 amide bonds. The van der Waals surface area contributed by atoms with E-state index in [1.165, 1.54) is 5.56 Å². The monoisotopic (exact) mass is 329 g/mol. The third-order valence-corrected chi connectivity index (χ3v) is 3.41.